The van der Waals surface area contributed by atoms with Crippen LogP contribution in [0.4, 0.5) is 20.7 Å². The smallest absolute Gasteiger partial charge is 0.412 e. The van der Waals surface area contributed by atoms with E-state index in [9.17, 15) is 14.0 Å². The Morgan fingerprint density at radius 1 is 1.06 bits per heavy atom. The molecule has 0 fully saturated rings. The quantitative estimate of drug-likeness (QED) is 0.494. The Morgan fingerprint density at radius 2 is 1.88 bits per heavy atom. The first kappa shape index (κ1) is 21.8. The van der Waals surface area contributed by atoms with Gasteiger partial charge in [-0.1, -0.05) is 0 Å². The number of benzene rings is 2. The summed E-state index contributed by atoms with van der Waals surface area (Å²) in [4.78, 5) is 34.4. The van der Waals surface area contributed by atoms with Crippen LogP contribution < -0.4 is 15.0 Å². The number of imidazole rings is 1. The van der Waals surface area contributed by atoms with Crippen molar-refractivity contribution in [2.24, 2.45) is 0 Å². The van der Waals surface area contributed by atoms with Crippen molar-refractivity contribution >= 4 is 34.5 Å². The second-order valence-electron chi connectivity index (χ2n) is 7.02. The molecule has 0 bridgehead atoms. The molecule has 0 aliphatic heterocycles. The van der Waals surface area contributed by atoms with Crippen LogP contribution in [0.5, 0.6) is 5.75 Å². The van der Waals surface area contributed by atoms with Crippen molar-refractivity contribution in [3.05, 3.63) is 72.4 Å². The predicted molar refractivity (Wildman–Crippen MR) is 121 cm³/mol. The highest BCUT2D eigenvalue weighted by atomic mass is 19.1. The van der Waals surface area contributed by atoms with Gasteiger partial charge in [0.05, 0.1) is 37.1 Å². The Labute approximate surface area is 188 Å². The van der Waals surface area contributed by atoms with Crippen molar-refractivity contribution in [1.82, 2.24) is 14.5 Å². The van der Waals surface area contributed by atoms with Crippen LogP contribution in [0.2, 0.25) is 0 Å². The molecule has 0 saturated heterocycles. The molecule has 0 atom stereocenters. The van der Waals surface area contributed by atoms with Gasteiger partial charge < -0.3 is 14.4 Å². The molecular weight excluding hydrogens is 429 g/mol. The van der Waals surface area contributed by atoms with Crippen molar-refractivity contribution in [3.8, 4) is 11.4 Å². The average Bonchev–Trinajstić information content (AvgIpc) is 3.27. The number of pyridine rings is 1. The van der Waals surface area contributed by atoms with Gasteiger partial charge in [0.15, 0.2) is 11.6 Å². The minimum Gasteiger partial charge on any atom is -0.494 e. The molecule has 4 rings (SSSR count). The fraction of sp³-hybridized carbons (Fsp3) is 0.130. The second-order valence-corrected chi connectivity index (χ2v) is 7.02. The Kier molecular flexibility index (Phi) is 5.90. The van der Waals surface area contributed by atoms with E-state index in [0.717, 1.165) is 0 Å². The first-order valence-electron chi connectivity index (χ1n) is 9.81. The lowest BCUT2D eigenvalue weighted by molar-refractivity contribution is 0.0993. The molecular formula is C23H20FN5O4. The highest BCUT2D eigenvalue weighted by Gasteiger charge is 2.17. The number of aromatic nitrogens is 3. The Bertz CT molecular complexity index is 1340. The van der Waals surface area contributed by atoms with Crippen molar-refractivity contribution in [3.63, 3.8) is 0 Å². The normalized spacial score (nSPS) is 10.7. The fourth-order valence-electron chi connectivity index (χ4n) is 3.27. The van der Waals surface area contributed by atoms with Crippen LogP contribution in [-0.2, 0) is 4.74 Å². The molecule has 0 aliphatic rings. The maximum absolute atomic E-state index is 13.7. The molecule has 0 unspecified atom stereocenters. The van der Waals surface area contributed by atoms with Crippen LogP contribution in [0.1, 0.15) is 10.4 Å². The molecule has 168 valence electrons. The number of hydrogen-bond acceptors (Lipinski definition) is 6. The van der Waals surface area contributed by atoms with E-state index >= 15 is 0 Å². The maximum atomic E-state index is 13.7. The number of hydrogen-bond donors (Lipinski definition) is 1. The summed E-state index contributed by atoms with van der Waals surface area (Å²) in [5.41, 5.74) is 2.99. The van der Waals surface area contributed by atoms with Crippen LogP contribution in [0, 0.1) is 5.82 Å². The average molecular weight is 449 g/mol. The zero-order chi connectivity index (χ0) is 23.5. The van der Waals surface area contributed by atoms with Crippen LogP contribution >= 0.6 is 0 Å². The molecule has 33 heavy (non-hydrogen) atoms. The number of carbonyl (C=O) groups is 2. The lowest BCUT2D eigenvalue weighted by Crippen LogP contribution is -2.26. The molecule has 2 aromatic carbocycles. The summed E-state index contributed by atoms with van der Waals surface area (Å²) >= 11 is 0. The number of carbonyl (C=O) groups excluding carboxylic acids is 2. The monoisotopic (exact) mass is 449 g/mol. The van der Waals surface area contributed by atoms with Crippen molar-refractivity contribution in [2.45, 2.75) is 0 Å². The summed E-state index contributed by atoms with van der Waals surface area (Å²) in [7, 11) is 4.24. The minimum absolute atomic E-state index is 0.0540. The van der Waals surface area contributed by atoms with Gasteiger partial charge in [-0.15, -0.1) is 0 Å². The molecule has 0 saturated carbocycles. The number of anilines is 2. The van der Waals surface area contributed by atoms with Gasteiger partial charge in [0, 0.05) is 24.4 Å². The molecule has 9 nitrogen and oxygen atoms in total. The molecule has 10 heteroatoms. The Morgan fingerprint density at radius 3 is 2.58 bits per heavy atom. The van der Waals surface area contributed by atoms with Gasteiger partial charge in [-0.05, 0) is 42.5 Å². The second kappa shape index (κ2) is 8.95. The number of nitrogens with one attached hydrogen (secondary N) is 1. The molecule has 0 radical (unpaired) electrons. The van der Waals surface area contributed by atoms with E-state index in [-0.39, 0.29) is 11.7 Å². The Balaban J connectivity index is 1.64. The van der Waals surface area contributed by atoms with Crippen molar-refractivity contribution in [2.75, 3.05) is 31.5 Å². The lowest BCUT2D eigenvalue weighted by Gasteiger charge is -2.18. The first-order chi connectivity index (χ1) is 15.9. The number of fused-ring (bicyclic) bond motifs is 1. The maximum Gasteiger partial charge on any atom is 0.412 e. The highest BCUT2D eigenvalue weighted by molar-refractivity contribution is 6.07. The molecule has 2 heterocycles. The summed E-state index contributed by atoms with van der Waals surface area (Å²) in [6, 6.07) is 12.8. The number of rotatable bonds is 5. The number of amides is 2. The summed E-state index contributed by atoms with van der Waals surface area (Å²) in [6.45, 7) is 0. The zero-order valence-electron chi connectivity index (χ0n) is 18.1. The first-order valence-corrected chi connectivity index (χ1v) is 9.81. The van der Waals surface area contributed by atoms with Gasteiger partial charge in [-0.3, -0.25) is 14.7 Å². The van der Waals surface area contributed by atoms with Gasteiger partial charge in [0.1, 0.15) is 12.1 Å². The molecule has 0 aliphatic carbocycles. The van der Waals surface area contributed by atoms with Gasteiger partial charge in [-0.25, -0.2) is 19.2 Å². The Hall–Kier alpha value is -4.47. The van der Waals surface area contributed by atoms with E-state index in [0.29, 0.717) is 33.8 Å². The topological polar surface area (TPSA) is 98.6 Å². The van der Waals surface area contributed by atoms with Crippen molar-refractivity contribution < 1.29 is 23.5 Å². The number of halogens is 1. The molecule has 2 aromatic heterocycles. The van der Waals surface area contributed by atoms with Crippen LogP contribution in [0.15, 0.2) is 61.1 Å². The summed E-state index contributed by atoms with van der Waals surface area (Å²) in [5.74, 6) is -0.400. The third-order valence-electron chi connectivity index (χ3n) is 5.06. The molecule has 1 N–H and O–H groups in total. The van der Waals surface area contributed by atoms with E-state index in [2.05, 4.69) is 20.0 Å². The van der Waals surface area contributed by atoms with Gasteiger partial charge in [-0.2, -0.15) is 0 Å². The summed E-state index contributed by atoms with van der Waals surface area (Å²) in [6.07, 6.45) is 2.57. The van der Waals surface area contributed by atoms with E-state index in [1.54, 1.807) is 54.5 Å². The number of nitrogens with zero attached hydrogens (tertiary/aromatic N) is 4. The third kappa shape index (κ3) is 4.31. The fourth-order valence-corrected chi connectivity index (χ4v) is 3.27. The lowest BCUT2D eigenvalue weighted by atomic mass is 10.1. The number of ether oxygens (including phenoxy) is 2. The standard InChI is InChI=1S/C23H20FN5O4/c1-28(15-5-7-17(24)20(11-15)32-2)22(30)14-4-8-18-19(10-14)29(13-26-18)16-6-9-21(25-12-16)27-23(31)33-3/h4-13H,1-3H3,(H,25,27,31). The summed E-state index contributed by atoms with van der Waals surface area (Å²) < 4.78 is 25.1. The highest BCUT2D eigenvalue weighted by Crippen LogP contribution is 2.26. The van der Waals surface area contributed by atoms with E-state index in [1.807, 2.05) is 0 Å². The van der Waals surface area contributed by atoms with Gasteiger partial charge >= 0.3 is 6.09 Å². The SMILES string of the molecule is COC(=O)Nc1ccc(-n2cnc3ccc(C(=O)N(C)c4ccc(F)c(OC)c4)cc32)cn1. The van der Waals surface area contributed by atoms with Crippen LogP contribution in [0.25, 0.3) is 16.7 Å². The zero-order valence-corrected chi connectivity index (χ0v) is 18.1. The minimum atomic E-state index is -0.616. The van der Waals surface area contributed by atoms with Gasteiger partial charge in [0.25, 0.3) is 5.91 Å². The van der Waals surface area contributed by atoms with Crippen LogP contribution in [-0.4, -0.2) is 47.8 Å². The van der Waals surface area contributed by atoms with Crippen LogP contribution in [0.3, 0.4) is 0 Å². The molecule has 0 spiro atoms. The molecule has 2 amide bonds. The van der Waals surface area contributed by atoms with E-state index in [4.69, 9.17) is 4.74 Å². The third-order valence-corrected chi connectivity index (χ3v) is 5.06. The predicted octanol–water partition coefficient (Wildman–Crippen LogP) is 4.02. The number of methoxy groups -OCH3 is 2. The largest absolute Gasteiger partial charge is 0.494 e. The van der Waals surface area contributed by atoms with E-state index in [1.165, 1.54) is 37.3 Å². The molecule has 4 aromatic rings. The summed E-state index contributed by atoms with van der Waals surface area (Å²) in [5, 5.41) is 2.49. The van der Waals surface area contributed by atoms with E-state index < -0.39 is 11.9 Å². The van der Waals surface area contributed by atoms with Crippen molar-refractivity contribution in [1.29, 1.82) is 0 Å². The van der Waals surface area contributed by atoms with Gasteiger partial charge in [0.2, 0.25) is 0 Å².